The van der Waals surface area contributed by atoms with Gasteiger partial charge in [-0.15, -0.1) is 0 Å². The molecule has 0 aromatic heterocycles. The maximum absolute atomic E-state index is 9.84. The van der Waals surface area contributed by atoms with Gasteiger partial charge in [0.05, 0.1) is 6.10 Å². The van der Waals surface area contributed by atoms with Crippen LogP contribution in [0.5, 0.6) is 0 Å². The quantitative estimate of drug-likeness (QED) is 0.668. The van der Waals surface area contributed by atoms with Crippen LogP contribution in [0.1, 0.15) is 19.8 Å². The Labute approximate surface area is 97.0 Å². The number of hydrogen-bond acceptors (Lipinski definition) is 3. The van der Waals surface area contributed by atoms with Gasteiger partial charge in [0, 0.05) is 31.1 Å². The van der Waals surface area contributed by atoms with E-state index in [-0.39, 0.29) is 11.5 Å². The third-order valence-corrected chi connectivity index (χ3v) is 4.60. The highest BCUT2D eigenvalue weighted by Gasteiger charge is 2.55. The molecule has 0 bridgehead atoms. The van der Waals surface area contributed by atoms with Crippen LogP contribution >= 0.6 is 0 Å². The summed E-state index contributed by atoms with van der Waals surface area (Å²) >= 11 is 0. The zero-order valence-electron chi connectivity index (χ0n) is 10.2. The van der Waals surface area contributed by atoms with Crippen molar-refractivity contribution in [1.29, 1.82) is 0 Å². The molecule has 2 aliphatic heterocycles. The zero-order valence-corrected chi connectivity index (χ0v) is 10.2. The fraction of sp³-hybridized carbons (Fsp3) is 0.692. The van der Waals surface area contributed by atoms with Crippen LogP contribution in [0.15, 0.2) is 24.0 Å². The van der Waals surface area contributed by atoms with Crippen molar-refractivity contribution in [3.8, 4) is 0 Å². The molecule has 0 radical (unpaired) electrons. The van der Waals surface area contributed by atoms with Crippen molar-refractivity contribution < 1.29 is 5.11 Å². The number of allylic oxidation sites excluding steroid dienone is 1. The molecule has 4 unspecified atom stereocenters. The minimum Gasteiger partial charge on any atom is -0.393 e. The van der Waals surface area contributed by atoms with Gasteiger partial charge in [-0.05, 0) is 19.0 Å². The van der Waals surface area contributed by atoms with Gasteiger partial charge in [0.25, 0.3) is 0 Å². The molecule has 1 N–H and O–H groups in total. The monoisotopic (exact) mass is 220 g/mol. The number of nitrogens with zero attached hydrogens (tertiary/aromatic N) is 2. The molecule has 3 rings (SSSR count). The van der Waals surface area contributed by atoms with E-state index in [0.29, 0.717) is 12.1 Å². The Balaban J connectivity index is 2.05. The van der Waals surface area contributed by atoms with Crippen LogP contribution in [0, 0.1) is 11.3 Å². The lowest BCUT2D eigenvalue weighted by Gasteiger charge is -2.34. The average molecular weight is 220 g/mol. The van der Waals surface area contributed by atoms with Gasteiger partial charge in [0.2, 0.25) is 0 Å². The van der Waals surface area contributed by atoms with Gasteiger partial charge in [-0.1, -0.05) is 19.1 Å². The lowest BCUT2D eigenvalue weighted by Crippen LogP contribution is -2.42. The first-order valence-corrected chi connectivity index (χ1v) is 6.06. The van der Waals surface area contributed by atoms with Crippen LogP contribution in [-0.4, -0.2) is 41.3 Å². The van der Waals surface area contributed by atoms with E-state index in [0.717, 1.165) is 12.8 Å². The highest BCUT2D eigenvalue weighted by atomic mass is 16.3. The summed E-state index contributed by atoms with van der Waals surface area (Å²) in [7, 11) is 4.31. The number of aliphatic hydroxyl groups is 1. The van der Waals surface area contributed by atoms with Crippen LogP contribution in [0.25, 0.3) is 0 Å². The Morgan fingerprint density at radius 3 is 2.94 bits per heavy atom. The van der Waals surface area contributed by atoms with E-state index in [1.54, 1.807) is 0 Å². The third kappa shape index (κ3) is 1.07. The molecule has 88 valence electrons. The number of aliphatic hydroxyl groups excluding tert-OH is 1. The van der Waals surface area contributed by atoms with Gasteiger partial charge in [-0.3, -0.25) is 0 Å². The van der Waals surface area contributed by atoms with Gasteiger partial charge in [0.1, 0.15) is 6.17 Å². The van der Waals surface area contributed by atoms with E-state index in [1.165, 1.54) is 5.70 Å². The molecule has 0 saturated carbocycles. The molecule has 0 aromatic rings. The summed E-state index contributed by atoms with van der Waals surface area (Å²) in [5.74, 6) is 0.479. The summed E-state index contributed by atoms with van der Waals surface area (Å²) in [6.07, 6.45) is 8.71. The van der Waals surface area contributed by atoms with Crippen LogP contribution in [-0.2, 0) is 0 Å². The van der Waals surface area contributed by atoms with Gasteiger partial charge in [-0.2, -0.15) is 0 Å². The van der Waals surface area contributed by atoms with Gasteiger partial charge < -0.3 is 14.9 Å². The van der Waals surface area contributed by atoms with Crippen molar-refractivity contribution in [3.05, 3.63) is 24.0 Å². The Morgan fingerprint density at radius 1 is 1.44 bits per heavy atom. The zero-order chi connectivity index (χ0) is 11.5. The summed E-state index contributed by atoms with van der Waals surface area (Å²) in [6, 6.07) is 0. The molecule has 1 saturated heterocycles. The summed E-state index contributed by atoms with van der Waals surface area (Å²) in [5.41, 5.74) is 1.59. The van der Waals surface area contributed by atoms with Crippen LogP contribution < -0.4 is 0 Å². The number of hydrogen-bond donors (Lipinski definition) is 1. The van der Waals surface area contributed by atoms with Crippen molar-refractivity contribution in [2.45, 2.75) is 32.0 Å². The molecule has 2 heterocycles. The van der Waals surface area contributed by atoms with Gasteiger partial charge >= 0.3 is 0 Å². The molecule has 16 heavy (non-hydrogen) atoms. The van der Waals surface area contributed by atoms with E-state index in [1.807, 2.05) is 0 Å². The molecule has 4 atom stereocenters. The second kappa shape index (κ2) is 3.04. The summed E-state index contributed by atoms with van der Waals surface area (Å²) < 4.78 is 0. The van der Waals surface area contributed by atoms with E-state index in [4.69, 9.17) is 0 Å². The third-order valence-electron chi connectivity index (χ3n) is 4.60. The first kappa shape index (κ1) is 10.2. The van der Waals surface area contributed by atoms with Crippen molar-refractivity contribution in [2.24, 2.45) is 11.3 Å². The first-order valence-electron chi connectivity index (χ1n) is 6.06. The minimum absolute atomic E-state index is 0.156. The largest absolute Gasteiger partial charge is 0.393 e. The van der Waals surface area contributed by atoms with Crippen LogP contribution in [0.3, 0.4) is 0 Å². The van der Waals surface area contributed by atoms with Crippen LogP contribution in [0.2, 0.25) is 0 Å². The summed E-state index contributed by atoms with van der Waals surface area (Å²) in [4.78, 5) is 4.67. The second-order valence-corrected chi connectivity index (χ2v) is 5.64. The predicted molar refractivity (Wildman–Crippen MR) is 63.4 cm³/mol. The van der Waals surface area contributed by atoms with Crippen molar-refractivity contribution >= 4 is 0 Å². The number of fused-ring (bicyclic) bond motifs is 3. The highest BCUT2D eigenvalue weighted by Crippen LogP contribution is 2.54. The molecular formula is C13H20N2O. The molecule has 1 fully saturated rings. The topological polar surface area (TPSA) is 26.7 Å². The number of rotatable bonds is 0. The van der Waals surface area contributed by atoms with E-state index in [9.17, 15) is 5.11 Å². The van der Waals surface area contributed by atoms with E-state index in [2.05, 4.69) is 49.2 Å². The minimum atomic E-state index is -0.156. The SMILES string of the molecule is CN1C=CC2(C)C3CC(O)CC=C3N(C)C12. The van der Waals surface area contributed by atoms with Crippen molar-refractivity contribution in [3.63, 3.8) is 0 Å². The van der Waals surface area contributed by atoms with Crippen molar-refractivity contribution in [1.82, 2.24) is 9.80 Å². The molecule has 1 aliphatic carbocycles. The molecular weight excluding hydrogens is 200 g/mol. The van der Waals surface area contributed by atoms with Crippen LogP contribution in [0.4, 0.5) is 0 Å². The average Bonchev–Trinajstić information content (AvgIpc) is 2.65. The molecule has 3 nitrogen and oxygen atoms in total. The van der Waals surface area contributed by atoms with E-state index >= 15 is 0 Å². The molecule has 3 heteroatoms. The van der Waals surface area contributed by atoms with Gasteiger partial charge in [-0.25, -0.2) is 0 Å². The smallest absolute Gasteiger partial charge is 0.110 e. The molecule has 0 aromatic carbocycles. The van der Waals surface area contributed by atoms with Crippen molar-refractivity contribution in [2.75, 3.05) is 14.1 Å². The second-order valence-electron chi connectivity index (χ2n) is 5.64. The predicted octanol–water partition coefficient (Wildman–Crippen LogP) is 1.38. The summed E-state index contributed by atoms with van der Waals surface area (Å²) in [6.45, 7) is 2.32. The lowest BCUT2D eigenvalue weighted by atomic mass is 9.73. The van der Waals surface area contributed by atoms with E-state index < -0.39 is 0 Å². The highest BCUT2D eigenvalue weighted by molar-refractivity contribution is 5.30. The Bertz CT molecular complexity index is 376. The normalized spacial score (nSPS) is 45.8. The number of likely N-dealkylation sites (tertiary alicyclic amines) is 1. The Hall–Kier alpha value is -0.960. The maximum atomic E-state index is 9.84. The molecule has 3 aliphatic rings. The van der Waals surface area contributed by atoms with Gasteiger partial charge in [0.15, 0.2) is 0 Å². The maximum Gasteiger partial charge on any atom is 0.110 e. The molecule has 0 spiro atoms. The lowest BCUT2D eigenvalue weighted by molar-refractivity contribution is 0.0977. The standard InChI is InChI=1S/C13H20N2O/c1-13-6-7-14(2)12(13)15(3)11-5-4-9(16)8-10(11)13/h5-7,9-10,12,16H,4,8H2,1-3H3. The Kier molecular flexibility index (Phi) is 1.94. The fourth-order valence-corrected chi connectivity index (χ4v) is 3.86. The fourth-order valence-electron chi connectivity index (χ4n) is 3.86. The Morgan fingerprint density at radius 2 is 2.19 bits per heavy atom. The molecule has 0 amide bonds. The summed E-state index contributed by atoms with van der Waals surface area (Å²) in [5, 5.41) is 9.84. The first-order chi connectivity index (χ1) is 7.54.